The highest BCUT2D eigenvalue weighted by molar-refractivity contribution is 5.76. The van der Waals surface area contributed by atoms with Crippen molar-refractivity contribution in [2.75, 3.05) is 13.7 Å². The lowest BCUT2D eigenvalue weighted by atomic mass is 10.0. The van der Waals surface area contributed by atoms with Crippen LogP contribution in [0.4, 0.5) is 0 Å². The molecule has 1 amide bonds. The van der Waals surface area contributed by atoms with Crippen LogP contribution in [0.1, 0.15) is 31.2 Å². The van der Waals surface area contributed by atoms with Gasteiger partial charge in [0.2, 0.25) is 5.91 Å². The minimum absolute atomic E-state index is 0.186. The fourth-order valence-electron chi connectivity index (χ4n) is 2.82. The van der Waals surface area contributed by atoms with Gasteiger partial charge in [0.25, 0.3) is 0 Å². The quantitative estimate of drug-likeness (QED) is 0.688. The largest absolute Gasteiger partial charge is 0.496 e. The number of ether oxygens (including phenoxy) is 1. The number of benzene rings is 2. The summed E-state index contributed by atoms with van der Waals surface area (Å²) in [5.74, 6) is 1.07. The van der Waals surface area contributed by atoms with Gasteiger partial charge in [-0.25, -0.2) is 0 Å². The maximum Gasteiger partial charge on any atom is 0.220 e. The molecule has 2 aromatic rings. The average molecular weight is 338 g/mol. The topological polar surface area (TPSA) is 50.4 Å². The summed E-state index contributed by atoms with van der Waals surface area (Å²) in [5.41, 5.74) is 3.49. The molecule has 1 saturated carbocycles. The van der Waals surface area contributed by atoms with E-state index in [1.165, 1.54) is 5.56 Å². The van der Waals surface area contributed by atoms with Gasteiger partial charge in [-0.2, -0.15) is 0 Å². The number of rotatable bonds is 9. The standard InChI is InChI=1S/C21H26N2O2/c1-25-20-6-3-2-5-19(20)17-10-8-16(9-11-17)15-22-14-4-7-21(24)23-18-12-13-18/h2-3,5-6,8-11,18,22H,4,7,12-15H2,1H3,(H,23,24). The van der Waals surface area contributed by atoms with Gasteiger partial charge in [0.15, 0.2) is 0 Å². The molecule has 0 heterocycles. The van der Waals surface area contributed by atoms with Crippen LogP contribution in [0, 0.1) is 0 Å². The smallest absolute Gasteiger partial charge is 0.220 e. The minimum Gasteiger partial charge on any atom is -0.496 e. The first-order valence-corrected chi connectivity index (χ1v) is 8.98. The Labute approximate surface area is 149 Å². The van der Waals surface area contributed by atoms with Gasteiger partial charge in [0.05, 0.1) is 7.11 Å². The van der Waals surface area contributed by atoms with Crippen LogP contribution < -0.4 is 15.4 Å². The second-order valence-electron chi connectivity index (χ2n) is 6.52. The highest BCUT2D eigenvalue weighted by Gasteiger charge is 2.22. The molecule has 1 fully saturated rings. The Morgan fingerprint density at radius 2 is 1.88 bits per heavy atom. The van der Waals surface area contributed by atoms with Crippen LogP contribution in [0.25, 0.3) is 11.1 Å². The molecule has 0 spiro atoms. The lowest BCUT2D eigenvalue weighted by molar-refractivity contribution is -0.121. The van der Waals surface area contributed by atoms with E-state index in [1.807, 2.05) is 18.2 Å². The highest BCUT2D eigenvalue weighted by atomic mass is 16.5. The van der Waals surface area contributed by atoms with Gasteiger partial charge in [-0.3, -0.25) is 4.79 Å². The average Bonchev–Trinajstić information content (AvgIpc) is 3.46. The predicted molar refractivity (Wildman–Crippen MR) is 101 cm³/mol. The molecule has 4 heteroatoms. The third kappa shape index (κ3) is 5.33. The van der Waals surface area contributed by atoms with Crippen molar-refractivity contribution in [2.45, 2.75) is 38.3 Å². The number of para-hydroxylation sites is 1. The van der Waals surface area contributed by atoms with Gasteiger partial charge >= 0.3 is 0 Å². The van der Waals surface area contributed by atoms with E-state index in [4.69, 9.17) is 4.74 Å². The third-order valence-corrected chi connectivity index (χ3v) is 4.40. The fraction of sp³-hybridized carbons (Fsp3) is 0.381. The van der Waals surface area contributed by atoms with Crippen LogP contribution in [-0.4, -0.2) is 25.6 Å². The lowest BCUT2D eigenvalue weighted by Crippen LogP contribution is -2.26. The first-order chi connectivity index (χ1) is 12.3. The molecule has 1 aliphatic rings. The molecule has 132 valence electrons. The van der Waals surface area contributed by atoms with E-state index in [0.29, 0.717) is 12.5 Å². The van der Waals surface area contributed by atoms with Gasteiger partial charge in [0, 0.05) is 24.6 Å². The van der Waals surface area contributed by atoms with Crippen LogP contribution in [0.15, 0.2) is 48.5 Å². The molecule has 0 bridgehead atoms. The Hall–Kier alpha value is -2.33. The summed E-state index contributed by atoms with van der Waals surface area (Å²) in [5, 5.41) is 6.42. The van der Waals surface area contributed by atoms with Gasteiger partial charge in [-0.15, -0.1) is 0 Å². The number of nitrogens with one attached hydrogen (secondary N) is 2. The molecule has 2 N–H and O–H groups in total. The van der Waals surface area contributed by atoms with Crippen molar-refractivity contribution in [1.82, 2.24) is 10.6 Å². The van der Waals surface area contributed by atoms with Crippen LogP contribution in [0.3, 0.4) is 0 Å². The summed E-state index contributed by atoms with van der Waals surface area (Å²) in [4.78, 5) is 11.6. The number of methoxy groups -OCH3 is 1. The maximum absolute atomic E-state index is 11.6. The molecule has 25 heavy (non-hydrogen) atoms. The molecule has 0 aromatic heterocycles. The van der Waals surface area contributed by atoms with Gasteiger partial charge in [-0.05, 0) is 43.0 Å². The number of carbonyl (C=O) groups excluding carboxylic acids is 1. The highest BCUT2D eigenvalue weighted by Crippen LogP contribution is 2.29. The first-order valence-electron chi connectivity index (χ1n) is 8.98. The summed E-state index contributed by atoms with van der Waals surface area (Å²) < 4.78 is 5.42. The van der Waals surface area contributed by atoms with E-state index in [2.05, 4.69) is 41.0 Å². The molecule has 0 atom stereocenters. The summed E-state index contributed by atoms with van der Waals surface area (Å²) >= 11 is 0. The Balaban J connectivity index is 1.42. The van der Waals surface area contributed by atoms with Crippen LogP contribution in [0.2, 0.25) is 0 Å². The maximum atomic E-state index is 11.6. The summed E-state index contributed by atoms with van der Waals surface area (Å²) in [6, 6.07) is 17.0. The van der Waals surface area contributed by atoms with Gasteiger partial charge in [0.1, 0.15) is 5.75 Å². The Morgan fingerprint density at radius 1 is 1.12 bits per heavy atom. The molecular formula is C21H26N2O2. The van der Waals surface area contributed by atoms with Crippen molar-refractivity contribution in [3.63, 3.8) is 0 Å². The van der Waals surface area contributed by atoms with Gasteiger partial charge in [-0.1, -0.05) is 42.5 Å². The zero-order valence-electron chi connectivity index (χ0n) is 14.8. The SMILES string of the molecule is COc1ccccc1-c1ccc(CNCCCC(=O)NC2CC2)cc1. The zero-order valence-corrected chi connectivity index (χ0v) is 14.8. The summed E-state index contributed by atoms with van der Waals surface area (Å²) in [7, 11) is 1.70. The normalized spacial score (nSPS) is 13.5. The molecule has 0 radical (unpaired) electrons. The number of hydrogen-bond donors (Lipinski definition) is 2. The van der Waals surface area contributed by atoms with Crippen LogP contribution >= 0.6 is 0 Å². The third-order valence-electron chi connectivity index (χ3n) is 4.40. The minimum atomic E-state index is 0.186. The second kappa shape index (κ2) is 8.67. The second-order valence-corrected chi connectivity index (χ2v) is 6.52. The molecule has 0 unspecified atom stereocenters. The number of amides is 1. The van der Waals surface area contributed by atoms with E-state index in [-0.39, 0.29) is 5.91 Å². The van der Waals surface area contributed by atoms with Crippen molar-refractivity contribution in [1.29, 1.82) is 0 Å². The first kappa shape index (κ1) is 17.5. The monoisotopic (exact) mass is 338 g/mol. The lowest BCUT2D eigenvalue weighted by Gasteiger charge is -2.10. The molecular weight excluding hydrogens is 312 g/mol. The van der Waals surface area contributed by atoms with Crippen molar-refractivity contribution in [3.8, 4) is 16.9 Å². The van der Waals surface area contributed by atoms with Crippen molar-refractivity contribution < 1.29 is 9.53 Å². The van der Waals surface area contributed by atoms with Crippen molar-refractivity contribution >= 4 is 5.91 Å². The van der Waals surface area contributed by atoms with E-state index < -0.39 is 0 Å². The Bertz CT molecular complexity index is 693. The van der Waals surface area contributed by atoms with Crippen molar-refractivity contribution in [3.05, 3.63) is 54.1 Å². The zero-order chi connectivity index (χ0) is 17.5. The fourth-order valence-corrected chi connectivity index (χ4v) is 2.82. The number of carbonyl (C=O) groups is 1. The molecule has 0 saturated heterocycles. The van der Waals surface area contributed by atoms with E-state index in [9.17, 15) is 4.79 Å². The molecule has 1 aliphatic carbocycles. The predicted octanol–water partition coefficient (Wildman–Crippen LogP) is 3.51. The van der Waals surface area contributed by atoms with Gasteiger partial charge < -0.3 is 15.4 Å². The van der Waals surface area contributed by atoms with Crippen LogP contribution in [-0.2, 0) is 11.3 Å². The van der Waals surface area contributed by atoms with E-state index >= 15 is 0 Å². The van der Waals surface area contributed by atoms with E-state index in [1.54, 1.807) is 7.11 Å². The van der Waals surface area contributed by atoms with Crippen molar-refractivity contribution in [2.24, 2.45) is 0 Å². The molecule has 0 aliphatic heterocycles. The van der Waals surface area contributed by atoms with E-state index in [0.717, 1.165) is 49.2 Å². The summed E-state index contributed by atoms with van der Waals surface area (Å²) in [6.45, 7) is 1.67. The molecule has 3 rings (SSSR count). The van der Waals surface area contributed by atoms with Crippen LogP contribution in [0.5, 0.6) is 5.75 Å². The summed E-state index contributed by atoms with van der Waals surface area (Å²) in [6.07, 6.45) is 3.78. The molecule has 4 nitrogen and oxygen atoms in total. The Kier molecular flexibility index (Phi) is 6.07. The Morgan fingerprint density at radius 3 is 2.60 bits per heavy atom. The molecule has 2 aromatic carbocycles. The number of hydrogen-bond acceptors (Lipinski definition) is 3.